The SMILES string of the molecule is CCNC(=NCc1ccc(OCCOC)cc1)NCc1cccs1. The Hall–Kier alpha value is -2.05. The van der Waals surface area contributed by atoms with Crippen molar-refractivity contribution in [3.63, 3.8) is 0 Å². The molecule has 1 aromatic heterocycles. The molecule has 0 saturated carbocycles. The van der Waals surface area contributed by atoms with E-state index >= 15 is 0 Å². The van der Waals surface area contributed by atoms with Crippen molar-refractivity contribution in [1.82, 2.24) is 10.6 Å². The minimum Gasteiger partial charge on any atom is -0.491 e. The van der Waals surface area contributed by atoms with Crippen LogP contribution in [0, 0.1) is 0 Å². The summed E-state index contributed by atoms with van der Waals surface area (Å²) in [5.41, 5.74) is 1.14. The normalized spacial score (nSPS) is 11.3. The first-order chi connectivity index (χ1) is 11.8. The summed E-state index contributed by atoms with van der Waals surface area (Å²) in [6.45, 7) is 5.46. The quantitative estimate of drug-likeness (QED) is 0.416. The van der Waals surface area contributed by atoms with Crippen molar-refractivity contribution >= 4 is 17.3 Å². The number of ether oxygens (including phenoxy) is 2. The summed E-state index contributed by atoms with van der Waals surface area (Å²) < 4.78 is 10.5. The van der Waals surface area contributed by atoms with Gasteiger partial charge in [-0.2, -0.15) is 0 Å². The Labute approximate surface area is 147 Å². The van der Waals surface area contributed by atoms with Crippen LogP contribution in [0.2, 0.25) is 0 Å². The second kappa shape index (κ2) is 10.7. The van der Waals surface area contributed by atoms with E-state index in [1.54, 1.807) is 18.4 Å². The second-order valence-corrected chi connectivity index (χ2v) is 6.15. The third-order valence-corrected chi connectivity index (χ3v) is 4.13. The number of benzene rings is 1. The van der Waals surface area contributed by atoms with E-state index in [9.17, 15) is 0 Å². The highest BCUT2D eigenvalue weighted by molar-refractivity contribution is 7.09. The number of methoxy groups -OCH3 is 1. The van der Waals surface area contributed by atoms with Gasteiger partial charge in [-0.3, -0.25) is 0 Å². The van der Waals surface area contributed by atoms with Gasteiger partial charge in [-0.25, -0.2) is 4.99 Å². The van der Waals surface area contributed by atoms with Crippen molar-refractivity contribution in [3.05, 3.63) is 52.2 Å². The lowest BCUT2D eigenvalue weighted by Gasteiger charge is -2.10. The maximum absolute atomic E-state index is 5.56. The van der Waals surface area contributed by atoms with Crippen LogP contribution in [0.4, 0.5) is 0 Å². The maximum Gasteiger partial charge on any atom is 0.191 e. The fourth-order valence-corrected chi connectivity index (χ4v) is 2.67. The van der Waals surface area contributed by atoms with Crippen molar-refractivity contribution in [1.29, 1.82) is 0 Å². The average Bonchev–Trinajstić information content (AvgIpc) is 3.12. The molecule has 0 atom stereocenters. The number of rotatable bonds is 9. The van der Waals surface area contributed by atoms with Crippen LogP contribution < -0.4 is 15.4 Å². The van der Waals surface area contributed by atoms with Crippen LogP contribution in [0.3, 0.4) is 0 Å². The van der Waals surface area contributed by atoms with E-state index in [1.807, 2.05) is 24.3 Å². The molecule has 0 bridgehead atoms. The molecule has 0 spiro atoms. The molecule has 1 aromatic carbocycles. The first-order valence-electron chi connectivity index (χ1n) is 8.07. The second-order valence-electron chi connectivity index (χ2n) is 5.11. The molecule has 0 unspecified atom stereocenters. The van der Waals surface area contributed by atoms with Gasteiger partial charge in [0.05, 0.1) is 19.7 Å². The topological polar surface area (TPSA) is 54.9 Å². The third kappa shape index (κ3) is 6.60. The van der Waals surface area contributed by atoms with Gasteiger partial charge in [0.1, 0.15) is 12.4 Å². The Morgan fingerprint density at radius 1 is 1.12 bits per heavy atom. The molecule has 6 heteroatoms. The lowest BCUT2D eigenvalue weighted by Crippen LogP contribution is -2.36. The van der Waals surface area contributed by atoms with Gasteiger partial charge in [0.2, 0.25) is 0 Å². The summed E-state index contributed by atoms with van der Waals surface area (Å²) in [6, 6.07) is 12.2. The molecule has 1 heterocycles. The number of hydrogen-bond acceptors (Lipinski definition) is 4. The molecule has 130 valence electrons. The van der Waals surface area contributed by atoms with Gasteiger partial charge in [-0.05, 0) is 36.1 Å². The zero-order valence-corrected chi connectivity index (χ0v) is 15.1. The smallest absolute Gasteiger partial charge is 0.191 e. The Balaban J connectivity index is 1.85. The lowest BCUT2D eigenvalue weighted by atomic mass is 10.2. The molecule has 0 saturated heterocycles. The Morgan fingerprint density at radius 2 is 1.96 bits per heavy atom. The van der Waals surface area contributed by atoms with Crippen LogP contribution in [0.25, 0.3) is 0 Å². The zero-order valence-electron chi connectivity index (χ0n) is 14.2. The first kappa shape index (κ1) is 18.3. The lowest BCUT2D eigenvalue weighted by molar-refractivity contribution is 0.146. The maximum atomic E-state index is 5.56. The molecule has 5 nitrogen and oxygen atoms in total. The number of guanidine groups is 1. The summed E-state index contributed by atoms with van der Waals surface area (Å²) >= 11 is 1.74. The molecule has 0 aliphatic rings. The Kier molecular flexibility index (Phi) is 8.13. The van der Waals surface area contributed by atoms with E-state index < -0.39 is 0 Å². The van der Waals surface area contributed by atoms with Crippen molar-refractivity contribution in [2.75, 3.05) is 26.9 Å². The molecule has 2 aromatic rings. The monoisotopic (exact) mass is 347 g/mol. The summed E-state index contributed by atoms with van der Waals surface area (Å²) in [5.74, 6) is 1.67. The first-order valence-corrected chi connectivity index (χ1v) is 8.95. The number of thiophene rings is 1. The van der Waals surface area contributed by atoms with Gasteiger partial charge in [0.15, 0.2) is 5.96 Å². The summed E-state index contributed by atoms with van der Waals surface area (Å²) in [4.78, 5) is 5.92. The molecule has 2 N–H and O–H groups in total. The molecule has 24 heavy (non-hydrogen) atoms. The molecule has 0 amide bonds. The third-order valence-electron chi connectivity index (χ3n) is 3.25. The highest BCUT2D eigenvalue weighted by atomic mass is 32.1. The largest absolute Gasteiger partial charge is 0.491 e. The molecule has 0 radical (unpaired) electrons. The fourth-order valence-electron chi connectivity index (χ4n) is 2.03. The minimum absolute atomic E-state index is 0.561. The van der Waals surface area contributed by atoms with E-state index in [0.717, 1.165) is 30.4 Å². The van der Waals surface area contributed by atoms with E-state index in [2.05, 4.69) is 40.1 Å². The van der Waals surface area contributed by atoms with Crippen LogP contribution in [-0.2, 0) is 17.8 Å². The van der Waals surface area contributed by atoms with E-state index in [-0.39, 0.29) is 0 Å². The summed E-state index contributed by atoms with van der Waals surface area (Å²) in [6.07, 6.45) is 0. The standard InChI is InChI=1S/C18H25N3O2S/c1-3-19-18(21-14-17-5-4-12-24-17)20-13-15-6-8-16(9-7-15)23-11-10-22-2/h4-9,12H,3,10-11,13-14H2,1-2H3,(H2,19,20,21). The van der Waals surface area contributed by atoms with Crippen molar-refractivity contribution < 1.29 is 9.47 Å². The van der Waals surface area contributed by atoms with Gasteiger partial charge >= 0.3 is 0 Å². The predicted octanol–water partition coefficient (Wildman–Crippen LogP) is 3.03. The number of nitrogens with zero attached hydrogens (tertiary/aromatic N) is 1. The zero-order chi connectivity index (χ0) is 17.0. The molecular formula is C18H25N3O2S. The number of aliphatic imine (C=N–C) groups is 1. The highest BCUT2D eigenvalue weighted by Crippen LogP contribution is 2.13. The molecular weight excluding hydrogens is 322 g/mol. The van der Waals surface area contributed by atoms with Gasteiger partial charge in [-0.1, -0.05) is 18.2 Å². The Bertz CT molecular complexity index is 597. The van der Waals surface area contributed by atoms with Gasteiger partial charge in [-0.15, -0.1) is 11.3 Å². The van der Waals surface area contributed by atoms with Crippen LogP contribution in [-0.4, -0.2) is 32.8 Å². The van der Waals surface area contributed by atoms with Crippen LogP contribution in [0.15, 0.2) is 46.8 Å². The van der Waals surface area contributed by atoms with E-state index in [1.165, 1.54) is 4.88 Å². The number of nitrogens with one attached hydrogen (secondary N) is 2. The average molecular weight is 347 g/mol. The van der Waals surface area contributed by atoms with E-state index in [4.69, 9.17) is 9.47 Å². The van der Waals surface area contributed by atoms with Gasteiger partial charge in [0.25, 0.3) is 0 Å². The predicted molar refractivity (Wildman–Crippen MR) is 99.8 cm³/mol. The molecule has 2 rings (SSSR count). The fraction of sp³-hybridized carbons (Fsp3) is 0.389. The summed E-state index contributed by atoms with van der Waals surface area (Å²) in [5, 5.41) is 8.70. The van der Waals surface area contributed by atoms with Gasteiger partial charge < -0.3 is 20.1 Å². The van der Waals surface area contributed by atoms with Crippen LogP contribution in [0.1, 0.15) is 17.4 Å². The van der Waals surface area contributed by atoms with Gasteiger partial charge in [0, 0.05) is 18.5 Å². The highest BCUT2D eigenvalue weighted by Gasteiger charge is 2.00. The van der Waals surface area contributed by atoms with Crippen molar-refractivity contribution in [2.45, 2.75) is 20.0 Å². The minimum atomic E-state index is 0.561. The molecule has 0 aliphatic heterocycles. The van der Waals surface area contributed by atoms with Crippen LogP contribution >= 0.6 is 11.3 Å². The number of hydrogen-bond donors (Lipinski definition) is 2. The van der Waals surface area contributed by atoms with E-state index in [0.29, 0.717) is 19.8 Å². The molecule has 0 aliphatic carbocycles. The Morgan fingerprint density at radius 3 is 2.62 bits per heavy atom. The van der Waals surface area contributed by atoms with Crippen molar-refractivity contribution in [3.8, 4) is 5.75 Å². The summed E-state index contributed by atoms with van der Waals surface area (Å²) in [7, 11) is 1.67. The van der Waals surface area contributed by atoms with Crippen molar-refractivity contribution in [2.24, 2.45) is 4.99 Å². The molecule has 0 fully saturated rings. The van der Waals surface area contributed by atoms with Crippen LogP contribution in [0.5, 0.6) is 5.75 Å².